The Hall–Kier alpha value is -2.40. The zero-order chi connectivity index (χ0) is 18.3. The molecule has 3 heterocycles. The molecule has 2 aliphatic rings. The van der Waals surface area contributed by atoms with Crippen LogP contribution in [-0.2, 0) is 9.59 Å². The summed E-state index contributed by atoms with van der Waals surface area (Å²) in [5.41, 5.74) is 3.89. The van der Waals surface area contributed by atoms with Crippen molar-refractivity contribution in [2.24, 2.45) is 0 Å². The average molecular weight is 366 g/mol. The number of amides is 2. The second-order valence-electron chi connectivity index (χ2n) is 6.91. The summed E-state index contributed by atoms with van der Waals surface area (Å²) in [6.45, 7) is 5.64. The maximum atomic E-state index is 13.4. The van der Waals surface area contributed by atoms with Gasteiger partial charge in [-0.2, -0.15) is 0 Å². The molecule has 1 aromatic carbocycles. The van der Waals surface area contributed by atoms with E-state index < -0.39 is 0 Å². The molecule has 0 N–H and O–H groups in total. The maximum absolute atomic E-state index is 13.4. The van der Waals surface area contributed by atoms with Crippen LogP contribution in [0.25, 0.3) is 5.57 Å². The quantitative estimate of drug-likeness (QED) is 0.767. The van der Waals surface area contributed by atoms with Gasteiger partial charge in [0, 0.05) is 18.0 Å². The van der Waals surface area contributed by atoms with Gasteiger partial charge in [-0.25, -0.2) is 4.90 Å². The third-order valence-corrected chi connectivity index (χ3v) is 6.20. The van der Waals surface area contributed by atoms with E-state index in [4.69, 9.17) is 0 Å². The Morgan fingerprint density at radius 3 is 2.38 bits per heavy atom. The first-order valence-corrected chi connectivity index (χ1v) is 9.95. The van der Waals surface area contributed by atoms with E-state index in [0.717, 1.165) is 41.9 Å². The Morgan fingerprint density at radius 2 is 1.69 bits per heavy atom. The SMILES string of the molecule is Cc1cccc(N2C(=O)C(c3cccs3)=C(N3CCCCC3)C2=O)c1C. The van der Waals surface area contributed by atoms with Gasteiger partial charge in [0.25, 0.3) is 11.8 Å². The van der Waals surface area contributed by atoms with E-state index in [2.05, 4.69) is 4.90 Å². The molecule has 0 atom stereocenters. The summed E-state index contributed by atoms with van der Waals surface area (Å²) < 4.78 is 0. The van der Waals surface area contributed by atoms with Crippen molar-refractivity contribution in [1.82, 2.24) is 4.90 Å². The molecular formula is C21H22N2O2S. The number of benzene rings is 1. The summed E-state index contributed by atoms with van der Waals surface area (Å²) in [5, 5.41) is 1.95. The average Bonchev–Trinajstić information content (AvgIpc) is 3.25. The van der Waals surface area contributed by atoms with Gasteiger partial charge in [-0.05, 0) is 61.7 Å². The molecule has 0 spiro atoms. The highest BCUT2D eigenvalue weighted by Crippen LogP contribution is 2.38. The Balaban J connectivity index is 1.84. The van der Waals surface area contributed by atoms with E-state index in [1.165, 1.54) is 22.7 Å². The fraction of sp³-hybridized carbons (Fsp3) is 0.333. The van der Waals surface area contributed by atoms with Crippen LogP contribution in [-0.4, -0.2) is 29.8 Å². The van der Waals surface area contributed by atoms with Gasteiger partial charge < -0.3 is 4.90 Å². The van der Waals surface area contributed by atoms with Crippen LogP contribution in [0.15, 0.2) is 41.4 Å². The van der Waals surface area contributed by atoms with E-state index >= 15 is 0 Å². The van der Waals surface area contributed by atoms with Crippen LogP contribution in [0, 0.1) is 13.8 Å². The molecule has 1 aromatic heterocycles. The summed E-state index contributed by atoms with van der Waals surface area (Å²) in [4.78, 5) is 31.1. The lowest BCUT2D eigenvalue weighted by molar-refractivity contribution is -0.120. The number of carbonyl (C=O) groups excluding carboxylic acids is 2. The number of hydrogen-bond acceptors (Lipinski definition) is 4. The molecule has 1 saturated heterocycles. The first kappa shape index (κ1) is 17.0. The Morgan fingerprint density at radius 1 is 0.923 bits per heavy atom. The molecule has 4 nitrogen and oxygen atoms in total. The zero-order valence-electron chi connectivity index (χ0n) is 15.1. The minimum Gasteiger partial charge on any atom is -0.366 e. The first-order chi connectivity index (χ1) is 12.6. The number of thiophene rings is 1. The highest BCUT2D eigenvalue weighted by atomic mass is 32.1. The van der Waals surface area contributed by atoms with E-state index in [0.29, 0.717) is 17.0 Å². The molecular weight excluding hydrogens is 344 g/mol. The number of aryl methyl sites for hydroxylation is 1. The largest absolute Gasteiger partial charge is 0.366 e. The standard InChI is InChI=1S/C21H22N2O2S/c1-14-8-6-9-16(15(14)2)23-20(24)18(17-10-7-13-26-17)19(21(23)25)22-11-4-3-5-12-22/h6-10,13H,3-5,11-12H2,1-2H3. The van der Waals surface area contributed by atoms with E-state index in [-0.39, 0.29) is 11.8 Å². The van der Waals surface area contributed by atoms with Crippen LogP contribution >= 0.6 is 11.3 Å². The van der Waals surface area contributed by atoms with Crippen LogP contribution in [0.1, 0.15) is 35.3 Å². The van der Waals surface area contributed by atoms with E-state index in [1.54, 1.807) is 0 Å². The number of imide groups is 1. The Bertz CT molecular complexity index is 893. The molecule has 5 heteroatoms. The number of carbonyl (C=O) groups is 2. The molecule has 134 valence electrons. The van der Waals surface area contributed by atoms with Gasteiger partial charge in [0.1, 0.15) is 5.70 Å². The zero-order valence-corrected chi connectivity index (χ0v) is 15.9. The first-order valence-electron chi connectivity index (χ1n) is 9.07. The number of hydrogen-bond donors (Lipinski definition) is 0. The summed E-state index contributed by atoms with van der Waals surface area (Å²) in [5.74, 6) is -0.388. The number of anilines is 1. The van der Waals surface area contributed by atoms with Crippen molar-refractivity contribution < 1.29 is 9.59 Å². The molecule has 2 aliphatic heterocycles. The maximum Gasteiger partial charge on any atom is 0.282 e. The van der Waals surface area contributed by atoms with Crippen LogP contribution in [0.3, 0.4) is 0 Å². The third kappa shape index (κ3) is 2.67. The van der Waals surface area contributed by atoms with Crippen LogP contribution in [0.2, 0.25) is 0 Å². The van der Waals surface area contributed by atoms with Gasteiger partial charge in [-0.15, -0.1) is 11.3 Å². The van der Waals surface area contributed by atoms with Gasteiger partial charge in [-0.1, -0.05) is 18.2 Å². The highest BCUT2D eigenvalue weighted by molar-refractivity contribution is 7.11. The van der Waals surface area contributed by atoms with Crippen molar-refractivity contribution in [2.75, 3.05) is 18.0 Å². The molecule has 0 saturated carbocycles. The van der Waals surface area contributed by atoms with Crippen molar-refractivity contribution in [3.8, 4) is 0 Å². The van der Waals surface area contributed by atoms with Gasteiger partial charge in [0.15, 0.2) is 0 Å². The molecule has 4 rings (SSSR count). The second-order valence-corrected chi connectivity index (χ2v) is 7.86. The third-order valence-electron chi connectivity index (χ3n) is 5.32. The molecule has 0 radical (unpaired) electrons. The van der Waals surface area contributed by atoms with Gasteiger partial charge >= 0.3 is 0 Å². The van der Waals surface area contributed by atoms with E-state index in [1.807, 2.05) is 49.6 Å². The van der Waals surface area contributed by atoms with Crippen molar-refractivity contribution in [3.05, 3.63) is 57.4 Å². The second kappa shape index (κ2) is 6.72. The molecule has 0 unspecified atom stereocenters. The minimum absolute atomic E-state index is 0.186. The summed E-state index contributed by atoms with van der Waals surface area (Å²) in [6.07, 6.45) is 3.30. The van der Waals surface area contributed by atoms with Crippen LogP contribution in [0.5, 0.6) is 0 Å². The lowest BCUT2D eigenvalue weighted by Crippen LogP contribution is -2.37. The topological polar surface area (TPSA) is 40.6 Å². The van der Waals surface area contributed by atoms with Gasteiger partial charge in [0.05, 0.1) is 11.3 Å². The number of rotatable bonds is 3. The molecule has 2 amide bonds. The number of nitrogens with zero attached hydrogens (tertiary/aromatic N) is 2. The molecule has 0 bridgehead atoms. The van der Waals surface area contributed by atoms with Crippen molar-refractivity contribution in [2.45, 2.75) is 33.1 Å². The Labute approximate surface area is 157 Å². The fourth-order valence-corrected chi connectivity index (χ4v) is 4.53. The molecule has 26 heavy (non-hydrogen) atoms. The summed E-state index contributed by atoms with van der Waals surface area (Å²) in [7, 11) is 0. The molecule has 2 aromatic rings. The number of piperidine rings is 1. The summed E-state index contributed by atoms with van der Waals surface area (Å²) in [6, 6.07) is 9.63. The fourth-order valence-electron chi connectivity index (χ4n) is 3.77. The van der Waals surface area contributed by atoms with Crippen molar-refractivity contribution in [3.63, 3.8) is 0 Å². The molecule has 0 aliphatic carbocycles. The molecule has 1 fully saturated rings. The minimum atomic E-state index is -0.202. The Kier molecular flexibility index (Phi) is 4.41. The number of likely N-dealkylation sites (tertiary alicyclic amines) is 1. The van der Waals surface area contributed by atoms with E-state index in [9.17, 15) is 9.59 Å². The predicted octanol–water partition coefficient (Wildman–Crippen LogP) is 4.14. The predicted molar refractivity (Wildman–Crippen MR) is 105 cm³/mol. The summed E-state index contributed by atoms with van der Waals surface area (Å²) >= 11 is 1.51. The normalized spacial score (nSPS) is 18.2. The van der Waals surface area contributed by atoms with Gasteiger partial charge in [-0.3, -0.25) is 9.59 Å². The highest BCUT2D eigenvalue weighted by Gasteiger charge is 2.43. The monoisotopic (exact) mass is 366 g/mol. The van der Waals surface area contributed by atoms with Crippen molar-refractivity contribution >= 4 is 34.4 Å². The smallest absolute Gasteiger partial charge is 0.282 e. The van der Waals surface area contributed by atoms with Crippen LogP contribution < -0.4 is 4.90 Å². The van der Waals surface area contributed by atoms with Crippen molar-refractivity contribution in [1.29, 1.82) is 0 Å². The lowest BCUT2D eigenvalue weighted by Gasteiger charge is -2.29. The van der Waals surface area contributed by atoms with Crippen LogP contribution in [0.4, 0.5) is 5.69 Å². The van der Waals surface area contributed by atoms with Gasteiger partial charge in [0.2, 0.25) is 0 Å². The lowest BCUT2D eigenvalue weighted by atomic mass is 10.1.